The number of hydrogen-bond donors (Lipinski definition) is 2. The SMILES string of the molecule is COCC(C)OCC(O)CNCC(C)SC. The molecule has 98 valence electrons. The van der Waals surface area contributed by atoms with Crippen LogP contribution in [0.1, 0.15) is 13.8 Å². The van der Waals surface area contributed by atoms with Gasteiger partial charge in [-0.1, -0.05) is 6.92 Å². The maximum atomic E-state index is 9.62. The van der Waals surface area contributed by atoms with E-state index in [1.54, 1.807) is 7.11 Å². The molecule has 0 spiro atoms. The number of ether oxygens (including phenoxy) is 2. The van der Waals surface area contributed by atoms with Crippen LogP contribution in [0.5, 0.6) is 0 Å². The fourth-order valence-corrected chi connectivity index (χ4v) is 1.44. The van der Waals surface area contributed by atoms with Gasteiger partial charge in [0.25, 0.3) is 0 Å². The van der Waals surface area contributed by atoms with Crippen molar-refractivity contribution >= 4 is 11.8 Å². The van der Waals surface area contributed by atoms with Gasteiger partial charge in [-0.25, -0.2) is 0 Å². The van der Waals surface area contributed by atoms with E-state index in [1.807, 2.05) is 18.7 Å². The number of aliphatic hydroxyl groups excluding tert-OH is 1. The molecule has 0 amide bonds. The van der Waals surface area contributed by atoms with Crippen LogP contribution in [-0.2, 0) is 9.47 Å². The summed E-state index contributed by atoms with van der Waals surface area (Å²) in [7, 11) is 1.64. The molecule has 0 bridgehead atoms. The maximum absolute atomic E-state index is 9.62. The molecule has 0 radical (unpaired) electrons. The average Bonchev–Trinajstić information content (AvgIpc) is 2.26. The Morgan fingerprint density at radius 1 is 1.25 bits per heavy atom. The number of methoxy groups -OCH3 is 1. The Morgan fingerprint density at radius 2 is 1.94 bits per heavy atom. The highest BCUT2D eigenvalue weighted by Crippen LogP contribution is 2.02. The third kappa shape index (κ3) is 9.42. The van der Waals surface area contributed by atoms with Crippen LogP contribution in [0.2, 0.25) is 0 Å². The van der Waals surface area contributed by atoms with Crippen LogP contribution < -0.4 is 5.32 Å². The third-order valence-corrected chi connectivity index (χ3v) is 3.16. The summed E-state index contributed by atoms with van der Waals surface area (Å²) in [4.78, 5) is 0. The lowest BCUT2D eigenvalue weighted by molar-refractivity contribution is -0.0309. The minimum atomic E-state index is -0.451. The Morgan fingerprint density at radius 3 is 2.50 bits per heavy atom. The van der Waals surface area contributed by atoms with Gasteiger partial charge in [0.05, 0.1) is 25.4 Å². The zero-order valence-electron chi connectivity index (χ0n) is 10.7. The maximum Gasteiger partial charge on any atom is 0.0897 e. The standard InChI is InChI=1S/C11H25NO3S/c1-9(7-14-3)15-8-11(13)6-12-5-10(2)16-4/h9-13H,5-8H2,1-4H3. The summed E-state index contributed by atoms with van der Waals surface area (Å²) in [5, 5.41) is 13.4. The Hall–Kier alpha value is 0.190. The Bertz CT molecular complexity index is 160. The van der Waals surface area contributed by atoms with Crippen molar-refractivity contribution in [1.82, 2.24) is 5.32 Å². The summed E-state index contributed by atoms with van der Waals surface area (Å²) in [6.45, 7) is 6.48. The average molecular weight is 251 g/mol. The Kier molecular flexibility index (Phi) is 10.5. The lowest BCUT2D eigenvalue weighted by atomic mass is 10.3. The predicted octanol–water partition coefficient (Wildman–Crippen LogP) is 0.740. The molecule has 0 aromatic heterocycles. The van der Waals surface area contributed by atoms with Gasteiger partial charge in [0, 0.05) is 25.4 Å². The molecule has 0 rings (SSSR count). The van der Waals surface area contributed by atoms with Gasteiger partial charge in [-0.05, 0) is 13.2 Å². The highest BCUT2D eigenvalue weighted by Gasteiger charge is 2.08. The molecular weight excluding hydrogens is 226 g/mol. The van der Waals surface area contributed by atoms with Gasteiger partial charge in [0.1, 0.15) is 0 Å². The summed E-state index contributed by atoms with van der Waals surface area (Å²) in [5.41, 5.74) is 0. The van der Waals surface area contributed by atoms with E-state index in [1.165, 1.54) is 0 Å². The van der Waals surface area contributed by atoms with Crippen molar-refractivity contribution in [2.45, 2.75) is 31.3 Å². The second-order valence-electron chi connectivity index (χ2n) is 3.96. The van der Waals surface area contributed by atoms with Crippen LogP contribution in [0, 0.1) is 0 Å². The monoisotopic (exact) mass is 251 g/mol. The van der Waals surface area contributed by atoms with E-state index < -0.39 is 6.10 Å². The van der Waals surface area contributed by atoms with Gasteiger partial charge >= 0.3 is 0 Å². The molecule has 3 unspecified atom stereocenters. The molecule has 0 saturated carbocycles. The molecular formula is C11H25NO3S. The first-order chi connectivity index (χ1) is 7.60. The Balaban J connectivity index is 3.40. The van der Waals surface area contributed by atoms with E-state index in [4.69, 9.17) is 9.47 Å². The topological polar surface area (TPSA) is 50.7 Å². The van der Waals surface area contributed by atoms with E-state index in [9.17, 15) is 5.11 Å². The van der Waals surface area contributed by atoms with Gasteiger partial charge in [-0.2, -0.15) is 11.8 Å². The van der Waals surface area contributed by atoms with E-state index >= 15 is 0 Å². The first-order valence-corrected chi connectivity index (χ1v) is 6.91. The number of aliphatic hydroxyl groups is 1. The fourth-order valence-electron chi connectivity index (χ4n) is 1.15. The first-order valence-electron chi connectivity index (χ1n) is 5.62. The van der Waals surface area contributed by atoms with Crippen LogP contribution in [0.4, 0.5) is 0 Å². The quantitative estimate of drug-likeness (QED) is 0.600. The lowest BCUT2D eigenvalue weighted by Crippen LogP contribution is -2.34. The molecule has 0 aliphatic heterocycles. The largest absolute Gasteiger partial charge is 0.389 e. The molecule has 16 heavy (non-hydrogen) atoms. The van der Waals surface area contributed by atoms with Crippen molar-refractivity contribution in [2.75, 3.05) is 39.7 Å². The minimum absolute atomic E-state index is 0.0322. The molecule has 0 heterocycles. The molecule has 0 fully saturated rings. The van der Waals surface area contributed by atoms with Crippen molar-refractivity contribution in [3.8, 4) is 0 Å². The summed E-state index contributed by atoms with van der Waals surface area (Å²) in [5.74, 6) is 0. The van der Waals surface area contributed by atoms with E-state index in [2.05, 4.69) is 18.5 Å². The molecule has 5 heteroatoms. The number of thioether (sulfide) groups is 1. The molecule has 2 N–H and O–H groups in total. The van der Waals surface area contributed by atoms with Crippen LogP contribution in [-0.4, -0.2) is 62.2 Å². The molecule has 0 aliphatic rings. The molecule has 3 atom stereocenters. The van der Waals surface area contributed by atoms with Crippen LogP contribution in [0.15, 0.2) is 0 Å². The molecule has 4 nitrogen and oxygen atoms in total. The Labute approximate surface area is 103 Å². The second-order valence-corrected chi connectivity index (χ2v) is 5.23. The van der Waals surface area contributed by atoms with E-state index in [-0.39, 0.29) is 6.10 Å². The molecule has 0 aromatic carbocycles. The minimum Gasteiger partial charge on any atom is -0.389 e. The van der Waals surface area contributed by atoms with Gasteiger partial charge in [0.15, 0.2) is 0 Å². The van der Waals surface area contributed by atoms with Crippen molar-refractivity contribution in [3.63, 3.8) is 0 Å². The molecule has 0 aromatic rings. The fraction of sp³-hybridized carbons (Fsp3) is 1.00. The van der Waals surface area contributed by atoms with Crippen LogP contribution in [0.25, 0.3) is 0 Å². The van der Waals surface area contributed by atoms with Crippen LogP contribution >= 0.6 is 11.8 Å². The zero-order valence-corrected chi connectivity index (χ0v) is 11.5. The lowest BCUT2D eigenvalue weighted by Gasteiger charge is -2.17. The summed E-state index contributed by atoms with van der Waals surface area (Å²) in [6, 6.07) is 0. The number of hydrogen-bond acceptors (Lipinski definition) is 5. The summed E-state index contributed by atoms with van der Waals surface area (Å²) in [6.07, 6.45) is 1.66. The van der Waals surface area contributed by atoms with E-state index in [0.29, 0.717) is 25.0 Å². The number of nitrogens with one attached hydrogen (secondary N) is 1. The smallest absolute Gasteiger partial charge is 0.0897 e. The zero-order chi connectivity index (χ0) is 12.4. The van der Waals surface area contributed by atoms with Gasteiger partial charge in [0.2, 0.25) is 0 Å². The van der Waals surface area contributed by atoms with Gasteiger partial charge < -0.3 is 19.9 Å². The van der Waals surface area contributed by atoms with Crippen molar-refractivity contribution < 1.29 is 14.6 Å². The van der Waals surface area contributed by atoms with Gasteiger partial charge in [-0.15, -0.1) is 0 Å². The normalized spacial score (nSPS) is 17.1. The van der Waals surface area contributed by atoms with Gasteiger partial charge in [-0.3, -0.25) is 0 Å². The summed E-state index contributed by atoms with van der Waals surface area (Å²) >= 11 is 1.81. The van der Waals surface area contributed by atoms with Crippen molar-refractivity contribution in [3.05, 3.63) is 0 Å². The highest BCUT2D eigenvalue weighted by atomic mass is 32.2. The predicted molar refractivity (Wildman–Crippen MR) is 69.1 cm³/mol. The van der Waals surface area contributed by atoms with Crippen LogP contribution in [0.3, 0.4) is 0 Å². The molecule has 0 aliphatic carbocycles. The van der Waals surface area contributed by atoms with Crippen molar-refractivity contribution in [1.29, 1.82) is 0 Å². The van der Waals surface area contributed by atoms with E-state index in [0.717, 1.165) is 6.54 Å². The third-order valence-electron chi connectivity index (χ3n) is 2.19. The second kappa shape index (κ2) is 10.4. The number of rotatable bonds is 10. The highest BCUT2D eigenvalue weighted by molar-refractivity contribution is 7.99. The summed E-state index contributed by atoms with van der Waals surface area (Å²) < 4.78 is 10.3. The molecule has 0 saturated heterocycles. The van der Waals surface area contributed by atoms with Crippen molar-refractivity contribution in [2.24, 2.45) is 0 Å². The first kappa shape index (κ1) is 16.2.